The number of benzene rings is 1. The first-order chi connectivity index (χ1) is 13.6. The van der Waals surface area contributed by atoms with Crippen molar-refractivity contribution in [3.05, 3.63) is 23.8 Å². The molecule has 3 rings (SSSR count). The molecule has 0 spiro atoms. The minimum absolute atomic E-state index is 0.0288. The number of nitrogens with one attached hydrogen (secondary N) is 2. The van der Waals surface area contributed by atoms with Gasteiger partial charge >= 0.3 is 0 Å². The third-order valence-electron chi connectivity index (χ3n) is 6.24. The minimum atomic E-state index is -0.987. The number of hydrogen-bond donors (Lipinski definition) is 2. The zero-order valence-electron chi connectivity index (χ0n) is 19.7. The molecule has 0 aliphatic carbocycles. The Morgan fingerprint density at radius 3 is 1.83 bits per heavy atom. The molecule has 2 fully saturated rings. The lowest BCUT2D eigenvalue weighted by atomic mass is 9.96. The van der Waals surface area contributed by atoms with E-state index in [1.54, 1.807) is 0 Å². The van der Waals surface area contributed by atoms with Gasteiger partial charge in [-0.1, -0.05) is 0 Å². The highest BCUT2D eigenvalue weighted by Gasteiger charge is 2.46. The maximum Gasteiger partial charge on any atom is 0.204 e. The van der Waals surface area contributed by atoms with E-state index >= 15 is 0 Å². The molecule has 2 heterocycles. The molecule has 0 radical (unpaired) electrons. The van der Waals surface area contributed by atoms with E-state index in [0.29, 0.717) is 12.8 Å². The summed E-state index contributed by atoms with van der Waals surface area (Å²) in [5.41, 5.74) is -0.650. The quantitative estimate of drug-likeness (QED) is 0.685. The molecule has 30 heavy (non-hydrogen) atoms. The number of ether oxygens (including phenoxy) is 2. The van der Waals surface area contributed by atoms with Crippen LogP contribution in [0.5, 0.6) is 11.5 Å². The minimum Gasteiger partial charge on any atom is -0.487 e. The van der Waals surface area contributed by atoms with E-state index < -0.39 is 11.6 Å². The summed E-state index contributed by atoms with van der Waals surface area (Å²) in [6.45, 7) is 16.7. The normalized spacial score (nSPS) is 29.3. The van der Waals surface area contributed by atoms with Crippen LogP contribution in [0.25, 0.3) is 0 Å². The Balaban J connectivity index is 1.75. The van der Waals surface area contributed by atoms with Crippen LogP contribution >= 0.6 is 0 Å². The molecule has 4 nitrogen and oxygen atoms in total. The van der Waals surface area contributed by atoms with Gasteiger partial charge in [0.2, 0.25) is 11.6 Å². The molecule has 1 aromatic rings. The maximum absolute atomic E-state index is 14.9. The third kappa shape index (κ3) is 5.25. The van der Waals surface area contributed by atoms with Crippen LogP contribution in [0.2, 0.25) is 0 Å². The van der Waals surface area contributed by atoms with Crippen molar-refractivity contribution < 1.29 is 18.3 Å². The molecule has 2 aliphatic rings. The van der Waals surface area contributed by atoms with E-state index in [2.05, 4.69) is 52.2 Å². The topological polar surface area (TPSA) is 42.5 Å². The molecule has 0 aromatic heterocycles. The second kappa shape index (κ2) is 7.63. The highest BCUT2D eigenvalue weighted by molar-refractivity contribution is 5.35. The van der Waals surface area contributed by atoms with Gasteiger partial charge in [-0.3, -0.25) is 0 Å². The van der Waals surface area contributed by atoms with Crippen LogP contribution in [0.3, 0.4) is 0 Å². The van der Waals surface area contributed by atoms with Gasteiger partial charge < -0.3 is 20.1 Å². The SMILES string of the molecule is CC1(C)CCC(Oc2ccc(OC3CC(C)(C)NC3(C)C)c(F)c2F)CC(C)(C)N1. The first kappa shape index (κ1) is 23.3. The number of hydrogen-bond acceptors (Lipinski definition) is 4. The fourth-order valence-electron chi connectivity index (χ4n) is 5.26. The van der Waals surface area contributed by atoms with Crippen LogP contribution in [-0.4, -0.2) is 34.4 Å². The van der Waals surface area contributed by atoms with Gasteiger partial charge in [0, 0.05) is 29.5 Å². The van der Waals surface area contributed by atoms with Crippen LogP contribution in [0.4, 0.5) is 8.78 Å². The van der Waals surface area contributed by atoms with Crippen LogP contribution in [-0.2, 0) is 0 Å². The van der Waals surface area contributed by atoms with Gasteiger partial charge in [-0.2, -0.15) is 8.78 Å². The molecule has 1 aromatic carbocycles. The van der Waals surface area contributed by atoms with Crippen LogP contribution in [0.1, 0.15) is 81.1 Å². The largest absolute Gasteiger partial charge is 0.487 e. The standard InChI is InChI=1S/C24H38F2N2O2/c1-21(2)12-11-15(13-22(3,4)27-21)29-16-9-10-17(20(26)19(16)25)30-18-14-23(5,6)28-24(18,7)8/h9-10,15,18,27-28H,11-14H2,1-8H3. The van der Waals surface area contributed by atoms with E-state index in [1.807, 2.05) is 13.8 Å². The molecule has 2 atom stereocenters. The molecule has 0 amide bonds. The number of rotatable bonds is 4. The Bertz CT molecular complexity index is 790. The van der Waals surface area contributed by atoms with Crippen molar-refractivity contribution in [2.75, 3.05) is 0 Å². The average molecular weight is 425 g/mol. The van der Waals surface area contributed by atoms with Gasteiger partial charge in [-0.25, -0.2) is 0 Å². The lowest BCUT2D eigenvalue weighted by Crippen LogP contribution is -2.51. The van der Waals surface area contributed by atoms with Crippen molar-refractivity contribution in [1.82, 2.24) is 10.6 Å². The summed E-state index contributed by atoms with van der Waals surface area (Å²) in [6.07, 6.45) is 2.65. The Labute approximate surface area is 180 Å². The van der Waals surface area contributed by atoms with E-state index in [9.17, 15) is 8.78 Å². The molecule has 6 heteroatoms. The van der Waals surface area contributed by atoms with E-state index in [-0.39, 0.29) is 45.9 Å². The molecule has 0 bridgehead atoms. The van der Waals surface area contributed by atoms with Crippen molar-refractivity contribution in [2.24, 2.45) is 0 Å². The molecular weight excluding hydrogens is 386 g/mol. The highest BCUT2D eigenvalue weighted by Crippen LogP contribution is 2.37. The Morgan fingerprint density at radius 2 is 1.30 bits per heavy atom. The first-order valence-corrected chi connectivity index (χ1v) is 11.0. The summed E-state index contributed by atoms with van der Waals surface area (Å²) in [6, 6.07) is 2.98. The predicted molar refractivity (Wildman–Crippen MR) is 116 cm³/mol. The van der Waals surface area contributed by atoms with Gasteiger partial charge in [0.1, 0.15) is 12.2 Å². The van der Waals surface area contributed by atoms with E-state index in [1.165, 1.54) is 12.1 Å². The van der Waals surface area contributed by atoms with Gasteiger partial charge in [0.15, 0.2) is 11.5 Å². The van der Waals surface area contributed by atoms with Gasteiger partial charge in [0.05, 0.1) is 5.54 Å². The summed E-state index contributed by atoms with van der Waals surface area (Å²) < 4.78 is 41.6. The van der Waals surface area contributed by atoms with Crippen molar-refractivity contribution in [3.8, 4) is 11.5 Å². The first-order valence-electron chi connectivity index (χ1n) is 11.0. The Hall–Kier alpha value is -1.40. The van der Waals surface area contributed by atoms with Crippen molar-refractivity contribution in [1.29, 1.82) is 0 Å². The van der Waals surface area contributed by atoms with Gasteiger partial charge in [-0.05, 0) is 80.4 Å². The van der Waals surface area contributed by atoms with Crippen LogP contribution in [0.15, 0.2) is 12.1 Å². The molecule has 170 valence electrons. The molecular formula is C24H38F2N2O2. The second-order valence-electron chi connectivity index (χ2n) is 11.6. The Kier molecular flexibility index (Phi) is 5.92. The summed E-state index contributed by atoms with van der Waals surface area (Å²) in [5, 5.41) is 7.11. The predicted octanol–water partition coefficient (Wildman–Crippen LogP) is 5.34. The molecule has 0 saturated carbocycles. The van der Waals surface area contributed by atoms with Gasteiger partial charge in [0.25, 0.3) is 0 Å². The molecule has 2 saturated heterocycles. The fourth-order valence-corrected chi connectivity index (χ4v) is 5.26. The molecule has 2 N–H and O–H groups in total. The van der Waals surface area contributed by atoms with E-state index in [0.717, 1.165) is 12.8 Å². The van der Waals surface area contributed by atoms with Gasteiger partial charge in [-0.15, -0.1) is 0 Å². The zero-order chi connectivity index (χ0) is 22.5. The summed E-state index contributed by atoms with van der Waals surface area (Å²) in [7, 11) is 0. The monoisotopic (exact) mass is 424 g/mol. The lowest BCUT2D eigenvalue weighted by Gasteiger charge is -2.34. The van der Waals surface area contributed by atoms with E-state index in [4.69, 9.17) is 9.47 Å². The molecule has 2 aliphatic heterocycles. The maximum atomic E-state index is 14.9. The Morgan fingerprint density at radius 1 is 0.767 bits per heavy atom. The lowest BCUT2D eigenvalue weighted by molar-refractivity contribution is 0.132. The van der Waals surface area contributed by atoms with Crippen LogP contribution < -0.4 is 20.1 Å². The average Bonchev–Trinajstić information content (AvgIpc) is 2.69. The van der Waals surface area contributed by atoms with Crippen molar-refractivity contribution in [3.63, 3.8) is 0 Å². The van der Waals surface area contributed by atoms with Crippen molar-refractivity contribution >= 4 is 0 Å². The smallest absolute Gasteiger partial charge is 0.204 e. The summed E-state index contributed by atoms with van der Waals surface area (Å²) in [5.74, 6) is -2.09. The summed E-state index contributed by atoms with van der Waals surface area (Å²) >= 11 is 0. The van der Waals surface area contributed by atoms with Crippen LogP contribution in [0, 0.1) is 11.6 Å². The zero-order valence-corrected chi connectivity index (χ0v) is 19.7. The summed E-state index contributed by atoms with van der Waals surface area (Å²) in [4.78, 5) is 0. The van der Waals surface area contributed by atoms with Crippen molar-refractivity contribution in [2.45, 2.75) is 115 Å². The molecule has 2 unspecified atom stereocenters. The number of halogens is 2. The highest BCUT2D eigenvalue weighted by atomic mass is 19.2. The fraction of sp³-hybridized carbons (Fsp3) is 0.750. The second-order valence-corrected chi connectivity index (χ2v) is 11.6. The third-order valence-corrected chi connectivity index (χ3v) is 6.24.